The van der Waals surface area contributed by atoms with Crippen LogP contribution in [0, 0.1) is 35.9 Å². The zero-order valence-electron chi connectivity index (χ0n) is 22.0. The summed E-state index contributed by atoms with van der Waals surface area (Å²) >= 11 is 0. The summed E-state index contributed by atoms with van der Waals surface area (Å²) in [6.45, 7) is 12.2. The molecule has 3 atom stereocenters. The van der Waals surface area contributed by atoms with E-state index in [2.05, 4.69) is 31.2 Å². The molecule has 3 aliphatic rings. The molecule has 2 heterocycles. The normalized spacial score (nSPS) is 26.2. The van der Waals surface area contributed by atoms with Crippen molar-refractivity contribution in [2.75, 3.05) is 32.8 Å². The second kappa shape index (κ2) is 12.1. The molecule has 3 fully saturated rings. The fraction of sp³-hybridized carbons (Fsp3) is 0.581. The Balaban J connectivity index is 1.45. The predicted molar refractivity (Wildman–Crippen MR) is 143 cm³/mol. The third-order valence-electron chi connectivity index (χ3n) is 8.60. The van der Waals surface area contributed by atoms with Crippen molar-refractivity contribution in [3.05, 3.63) is 59.1 Å². The highest BCUT2D eigenvalue weighted by molar-refractivity contribution is 5.79. The van der Waals surface area contributed by atoms with Gasteiger partial charge in [0, 0.05) is 55.4 Å². The van der Waals surface area contributed by atoms with Crippen molar-refractivity contribution in [1.82, 2.24) is 9.80 Å². The van der Waals surface area contributed by atoms with Crippen molar-refractivity contribution >= 4 is 5.91 Å². The lowest BCUT2D eigenvalue weighted by Gasteiger charge is -2.43. The van der Waals surface area contributed by atoms with Crippen LogP contribution < -0.4 is 0 Å². The lowest BCUT2D eigenvalue weighted by molar-refractivity contribution is -0.134. The zero-order chi connectivity index (χ0) is 25.7. The first kappa shape index (κ1) is 26.5. The van der Waals surface area contributed by atoms with Gasteiger partial charge in [-0.3, -0.25) is 4.79 Å². The average Bonchev–Trinajstić information content (AvgIpc) is 2.90. The second-order valence-electron chi connectivity index (χ2n) is 10.8. The van der Waals surface area contributed by atoms with Crippen LogP contribution in [0.25, 0.3) is 0 Å². The van der Waals surface area contributed by atoms with E-state index in [0.717, 1.165) is 37.4 Å². The van der Waals surface area contributed by atoms with E-state index >= 15 is 0 Å². The van der Waals surface area contributed by atoms with E-state index < -0.39 is 0 Å². The average molecular weight is 493 g/mol. The molecule has 2 saturated heterocycles. The number of ether oxygens (including phenoxy) is 1. The molecule has 4 nitrogen and oxygen atoms in total. The van der Waals surface area contributed by atoms with Crippen LogP contribution in [0.5, 0.6) is 0 Å². The minimum atomic E-state index is -0.324. The van der Waals surface area contributed by atoms with Crippen LogP contribution >= 0.6 is 0 Å². The molecule has 1 amide bonds. The lowest BCUT2D eigenvalue weighted by atomic mass is 9.71. The Morgan fingerprint density at radius 1 is 1.17 bits per heavy atom. The Hall–Kier alpha value is -2.58. The first-order valence-corrected chi connectivity index (χ1v) is 13.6. The molecule has 1 aromatic carbocycles. The number of allylic oxidation sites excluding steroid dienone is 2. The molecule has 194 valence electrons. The number of piperazine rings is 1. The van der Waals surface area contributed by atoms with Crippen molar-refractivity contribution in [2.45, 2.75) is 64.8 Å². The van der Waals surface area contributed by atoms with Crippen LogP contribution in [0.1, 0.15) is 57.9 Å². The molecule has 0 bridgehead atoms. The number of amides is 1. The molecule has 1 aromatic rings. The molecular formula is C31H41FN2O2. The van der Waals surface area contributed by atoms with E-state index in [1.54, 1.807) is 18.2 Å². The summed E-state index contributed by atoms with van der Waals surface area (Å²) in [6.07, 6.45) is 13.5. The number of carbonyl (C=O) groups is 1. The van der Waals surface area contributed by atoms with Crippen molar-refractivity contribution in [3.63, 3.8) is 0 Å². The monoisotopic (exact) mass is 492 g/mol. The van der Waals surface area contributed by atoms with Gasteiger partial charge in [0.2, 0.25) is 5.91 Å². The van der Waals surface area contributed by atoms with Gasteiger partial charge in [-0.05, 0) is 50.7 Å². The number of benzene rings is 1. The van der Waals surface area contributed by atoms with Gasteiger partial charge >= 0.3 is 0 Å². The Labute approximate surface area is 216 Å². The highest BCUT2D eigenvalue weighted by Gasteiger charge is 2.36. The first-order chi connectivity index (χ1) is 17.4. The third-order valence-corrected chi connectivity index (χ3v) is 8.60. The van der Waals surface area contributed by atoms with Crippen LogP contribution in [-0.2, 0) is 16.0 Å². The zero-order valence-corrected chi connectivity index (χ0v) is 22.0. The molecule has 1 saturated carbocycles. The summed E-state index contributed by atoms with van der Waals surface area (Å²) in [4.78, 5) is 17.2. The number of hydrogen-bond donors (Lipinski definition) is 0. The molecule has 5 heteroatoms. The van der Waals surface area contributed by atoms with E-state index in [-0.39, 0.29) is 36.0 Å². The molecule has 4 rings (SSSR count). The largest absolute Gasteiger partial charge is 0.381 e. The Morgan fingerprint density at radius 2 is 1.92 bits per heavy atom. The Bertz CT molecular complexity index is 1020. The van der Waals surface area contributed by atoms with Crippen LogP contribution in [0.3, 0.4) is 0 Å². The Kier molecular flexibility index (Phi) is 8.90. The van der Waals surface area contributed by atoms with Gasteiger partial charge in [-0.15, -0.1) is 6.42 Å². The summed E-state index contributed by atoms with van der Waals surface area (Å²) in [6, 6.07) is 6.54. The lowest BCUT2D eigenvalue weighted by Crippen LogP contribution is -2.54. The molecule has 0 aromatic heterocycles. The molecular weight excluding hydrogens is 451 g/mol. The van der Waals surface area contributed by atoms with Gasteiger partial charge in [0.25, 0.3) is 0 Å². The van der Waals surface area contributed by atoms with Gasteiger partial charge in [-0.25, -0.2) is 4.39 Å². The van der Waals surface area contributed by atoms with Gasteiger partial charge < -0.3 is 14.5 Å². The van der Waals surface area contributed by atoms with Crippen molar-refractivity contribution in [2.24, 2.45) is 17.8 Å². The third kappa shape index (κ3) is 5.86. The summed E-state index contributed by atoms with van der Waals surface area (Å²) < 4.78 is 20.0. The minimum absolute atomic E-state index is 0.0229. The Morgan fingerprint density at radius 3 is 2.61 bits per heavy atom. The number of hydrogen-bond acceptors (Lipinski definition) is 3. The molecule has 0 spiro atoms. The maximum absolute atomic E-state index is 14.1. The predicted octanol–water partition coefficient (Wildman–Crippen LogP) is 5.60. The second-order valence-corrected chi connectivity index (χ2v) is 10.8. The smallest absolute Gasteiger partial charge is 0.227 e. The first-order valence-electron chi connectivity index (χ1n) is 13.6. The highest BCUT2D eigenvalue weighted by atomic mass is 19.1. The topological polar surface area (TPSA) is 32.8 Å². The van der Waals surface area contributed by atoms with E-state index in [1.807, 2.05) is 4.90 Å². The number of halogens is 1. The van der Waals surface area contributed by atoms with Crippen LogP contribution in [0.4, 0.5) is 4.39 Å². The molecule has 0 N–H and O–H groups in total. The fourth-order valence-corrected chi connectivity index (χ4v) is 6.41. The van der Waals surface area contributed by atoms with Crippen LogP contribution in [0.15, 0.2) is 47.7 Å². The maximum atomic E-state index is 14.1. The van der Waals surface area contributed by atoms with Gasteiger partial charge in [-0.2, -0.15) is 0 Å². The number of nitrogens with zero attached hydrogens (tertiary/aromatic N) is 2. The summed E-state index contributed by atoms with van der Waals surface area (Å²) in [5, 5.41) is 0. The molecule has 3 unspecified atom stereocenters. The van der Waals surface area contributed by atoms with E-state index in [4.69, 9.17) is 11.2 Å². The van der Waals surface area contributed by atoms with Gasteiger partial charge in [0.1, 0.15) is 5.82 Å². The quantitative estimate of drug-likeness (QED) is 0.383. The van der Waals surface area contributed by atoms with E-state index in [9.17, 15) is 9.18 Å². The van der Waals surface area contributed by atoms with Gasteiger partial charge in [0.05, 0.1) is 13.0 Å². The summed E-state index contributed by atoms with van der Waals surface area (Å²) in [7, 11) is 0. The van der Waals surface area contributed by atoms with Crippen molar-refractivity contribution < 1.29 is 13.9 Å². The maximum Gasteiger partial charge on any atom is 0.227 e. The van der Waals surface area contributed by atoms with Crippen LogP contribution in [0.2, 0.25) is 0 Å². The van der Waals surface area contributed by atoms with E-state index in [1.165, 1.54) is 43.7 Å². The van der Waals surface area contributed by atoms with Crippen LogP contribution in [-0.4, -0.2) is 54.6 Å². The van der Waals surface area contributed by atoms with Crippen molar-refractivity contribution in [3.8, 4) is 12.3 Å². The molecule has 36 heavy (non-hydrogen) atoms. The summed E-state index contributed by atoms with van der Waals surface area (Å²) in [5.74, 6) is 3.82. The molecule has 2 aliphatic heterocycles. The fourth-order valence-electron chi connectivity index (χ4n) is 6.41. The minimum Gasteiger partial charge on any atom is -0.381 e. The number of rotatable bonds is 6. The highest BCUT2D eigenvalue weighted by Crippen LogP contribution is 2.41. The SMILES string of the molecule is C#C/C(=C(/C)N1CCN(C(=O)Cc2ccccc2F)C(C)C1)C1CCOCC1C(=C)C1CCCCC1. The number of terminal acetylenes is 1. The molecule has 1 aliphatic carbocycles. The van der Waals surface area contributed by atoms with Gasteiger partial charge in [-0.1, -0.05) is 55.5 Å². The van der Waals surface area contributed by atoms with E-state index in [0.29, 0.717) is 24.6 Å². The number of carbonyl (C=O) groups excluding carboxylic acids is 1. The standard InChI is InChI=1S/C31H41FN2O2/c1-5-27(28-15-18-36-21-29(28)23(3)25-11-7-6-8-12-25)24(4)33-16-17-34(22(2)20-33)31(35)19-26-13-9-10-14-30(26)32/h1,9-10,13-14,22,25,28-29H,3,6-8,11-12,15-21H2,2,4H3/b27-24+. The van der Waals surface area contributed by atoms with Gasteiger partial charge in [0.15, 0.2) is 0 Å². The van der Waals surface area contributed by atoms with Crippen molar-refractivity contribution in [1.29, 1.82) is 0 Å². The molecule has 0 radical (unpaired) electrons. The summed E-state index contributed by atoms with van der Waals surface area (Å²) in [5.41, 5.74) is 3.99.